The highest BCUT2D eigenvalue weighted by Crippen LogP contribution is 2.18. The fourth-order valence-corrected chi connectivity index (χ4v) is 1.95. The van der Waals surface area contributed by atoms with Gasteiger partial charge in [-0.3, -0.25) is 0 Å². The van der Waals surface area contributed by atoms with Gasteiger partial charge in [-0.2, -0.15) is 0 Å². The molecule has 2 rings (SSSR count). The minimum Gasteiger partial charge on any atom is -0.409 e. The second-order valence-corrected chi connectivity index (χ2v) is 4.98. The predicted molar refractivity (Wildman–Crippen MR) is 87.0 cm³/mol. The molecule has 0 heterocycles. The van der Waals surface area contributed by atoms with Crippen LogP contribution in [0.1, 0.15) is 11.1 Å². The van der Waals surface area contributed by atoms with Crippen molar-refractivity contribution in [2.75, 3.05) is 24.3 Å². The molecule has 0 aromatic heterocycles. The van der Waals surface area contributed by atoms with E-state index in [1.807, 2.05) is 50.5 Å². The Kier molecular flexibility index (Phi) is 4.66. The lowest BCUT2D eigenvalue weighted by molar-refractivity contribution is 0.318. The number of hydrogen-bond acceptors (Lipinski definition) is 4. The molecule has 5 nitrogen and oxygen atoms in total. The highest BCUT2D eigenvalue weighted by Gasteiger charge is 2.00. The zero-order valence-electron chi connectivity index (χ0n) is 12.2. The van der Waals surface area contributed by atoms with Crippen LogP contribution in [0.25, 0.3) is 0 Å². The Balaban J connectivity index is 2.01. The Morgan fingerprint density at radius 1 is 1.19 bits per heavy atom. The zero-order valence-corrected chi connectivity index (χ0v) is 12.2. The molecule has 0 fully saturated rings. The lowest BCUT2D eigenvalue weighted by Gasteiger charge is -2.14. The summed E-state index contributed by atoms with van der Waals surface area (Å²) in [7, 11) is 4.04. The number of oxime groups is 1. The first kappa shape index (κ1) is 14.7. The molecular formula is C16H20N4O. The van der Waals surface area contributed by atoms with E-state index in [2.05, 4.69) is 27.5 Å². The van der Waals surface area contributed by atoms with Crippen LogP contribution in [0.3, 0.4) is 0 Å². The molecule has 0 atom stereocenters. The van der Waals surface area contributed by atoms with Gasteiger partial charge in [0.1, 0.15) is 0 Å². The van der Waals surface area contributed by atoms with Crippen molar-refractivity contribution in [1.82, 2.24) is 0 Å². The van der Waals surface area contributed by atoms with Crippen molar-refractivity contribution in [3.8, 4) is 0 Å². The Hall–Kier alpha value is -2.69. The molecule has 0 saturated carbocycles. The van der Waals surface area contributed by atoms with Gasteiger partial charge < -0.3 is 21.2 Å². The molecule has 110 valence electrons. The molecule has 0 unspecified atom stereocenters. The minimum atomic E-state index is 0.119. The Morgan fingerprint density at radius 3 is 2.52 bits per heavy atom. The van der Waals surface area contributed by atoms with Gasteiger partial charge in [0.25, 0.3) is 0 Å². The molecule has 2 aromatic carbocycles. The lowest BCUT2D eigenvalue weighted by atomic mass is 10.1. The topological polar surface area (TPSA) is 73.9 Å². The van der Waals surface area contributed by atoms with Crippen LogP contribution in [-0.4, -0.2) is 25.1 Å². The third kappa shape index (κ3) is 3.89. The van der Waals surface area contributed by atoms with Crippen molar-refractivity contribution >= 4 is 17.2 Å². The molecule has 0 aliphatic rings. The molecule has 0 aliphatic carbocycles. The van der Waals surface area contributed by atoms with Gasteiger partial charge in [0.2, 0.25) is 0 Å². The number of hydrogen-bond donors (Lipinski definition) is 3. The van der Waals surface area contributed by atoms with Gasteiger partial charge in [0, 0.05) is 37.6 Å². The van der Waals surface area contributed by atoms with E-state index in [0.29, 0.717) is 12.1 Å². The second kappa shape index (κ2) is 6.65. The van der Waals surface area contributed by atoms with E-state index in [4.69, 9.17) is 10.9 Å². The summed E-state index contributed by atoms with van der Waals surface area (Å²) in [5.74, 6) is 0.119. The molecule has 0 amide bonds. The van der Waals surface area contributed by atoms with Gasteiger partial charge >= 0.3 is 0 Å². The third-order valence-corrected chi connectivity index (χ3v) is 3.22. The Labute approximate surface area is 124 Å². The number of nitrogens with one attached hydrogen (secondary N) is 1. The molecule has 0 radical (unpaired) electrons. The second-order valence-electron chi connectivity index (χ2n) is 4.98. The summed E-state index contributed by atoms with van der Waals surface area (Å²) in [6.07, 6.45) is 0. The van der Waals surface area contributed by atoms with Crippen molar-refractivity contribution in [2.45, 2.75) is 6.54 Å². The lowest BCUT2D eigenvalue weighted by Crippen LogP contribution is -2.13. The van der Waals surface area contributed by atoms with Crippen molar-refractivity contribution < 1.29 is 5.21 Å². The predicted octanol–water partition coefficient (Wildman–Crippen LogP) is 2.46. The minimum absolute atomic E-state index is 0.119. The van der Waals surface area contributed by atoms with Crippen LogP contribution in [0.15, 0.2) is 53.7 Å². The highest BCUT2D eigenvalue weighted by atomic mass is 16.4. The molecule has 2 aromatic rings. The largest absolute Gasteiger partial charge is 0.409 e. The summed E-state index contributed by atoms with van der Waals surface area (Å²) in [5, 5.41) is 15.0. The number of rotatable bonds is 5. The molecule has 0 aliphatic heterocycles. The monoisotopic (exact) mass is 284 g/mol. The number of benzene rings is 2. The number of anilines is 2. The van der Waals surface area contributed by atoms with Crippen LogP contribution in [0.5, 0.6) is 0 Å². The molecule has 0 spiro atoms. The fraction of sp³-hybridized carbons (Fsp3) is 0.188. The molecular weight excluding hydrogens is 264 g/mol. The number of nitrogens with two attached hydrogens (primary N) is 1. The fourth-order valence-electron chi connectivity index (χ4n) is 1.95. The summed E-state index contributed by atoms with van der Waals surface area (Å²) in [6.45, 7) is 0.716. The van der Waals surface area contributed by atoms with E-state index in [-0.39, 0.29) is 5.84 Å². The average Bonchev–Trinajstić information content (AvgIpc) is 2.53. The Bertz CT molecular complexity index is 620. The smallest absolute Gasteiger partial charge is 0.170 e. The molecule has 21 heavy (non-hydrogen) atoms. The summed E-state index contributed by atoms with van der Waals surface area (Å²) in [4.78, 5) is 2.07. The summed E-state index contributed by atoms with van der Waals surface area (Å²) in [5.41, 5.74) is 9.59. The van der Waals surface area contributed by atoms with E-state index >= 15 is 0 Å². The van der Waals surface area contributed by atoms with E-state index < -0.39 is 0 Å². The quantitative estimate of drug-likeness (QED) is 0.341. The SMILES string of the molecule is CN(C)c1cccc(NCc2ccc(/C(N)=N/O)cc2)c1. The van der Waals surface area contributed by atoms with Gasteiger partial charge in [-0.15, -0.1) is 0 Å². The van der Waals surface area contributed by atoms with E-state index in [1.54, 1.807) is 0 Å². The van der Waals surface area contributed by atoms with Crippen molar-refractivity contribution in [3.05, 3.63) is 59.7 Å². The molecule has 4 N–H and O–H groups in total. The zero-order chi connectivity index (χ0) is 15.2. The Morgan fingerprint density at radius 2 is 1.90 bits per heavy atom. The van der Waals surface area contributed by atoms with Crippen molar-refractivity contribution in [1.29, 1.82) is 0 Å². The molecule has 0 bridgehead atoms. The van der Waals surface area contributed by atoms with Gasteiger partial charge in [-0.05, 0) is 23.8 Å². The van der Waals surface area contributed by atoms with Crippen LogP contribution in [0.4, 0.5) is 11.4 Å². The molecule has 0 saturated heterocycles. The first-order chi connectivity index (χ1) is 10.1. The summed E-state index contributed by atoms with van der Waals surface area (Å²) < 4.78 is 0. The van der Waals surface area contributed by atoms with Gasteiger partial charge in [0.05, 0.1) is 0 Å². The van der Waals surface area contributed by atoms with E-state index in [1.165, 1.54) is 0 Å². The van der Waals surface area contributed by atoms with E-state index in [9.17, 15) is 0 Å². The highest BCUT2D eigenvalue weighted by molar-refractivity contribution is 5.96. The number of amidine groups is 1. The maximum Gasteiger partial charge on any atom is 0.170 e. The normalized spacial score (nSPS) is 11.2. The number of nitrogens with zero attached hydrogens (tertiary/aromatic N) is 2. The van der Waals surface area contributed by atoms with Gasteiger partial charge in [-0.1, -0.05) is 35.5 Å². The summed E-state index contributed by atoms with van der Waals surface area (Å²) >= 11 is 0. The van der Waals surface area contributed by atoms with Crippen LogP contribution < -0.4 is 16.0 Å². The summed E-state index contributed by atoms with van der Waals surface area (Å²) in [6, 6.07) is 15.8. The maximum atomic E-state index is 8.63. The third-order valence-electron chi connectivity index (χ3n) is 3.22. The van der Waals surface area contributed by atoms with Gasteiger partial charge in [0.15, 0.2) is 5.84 Å². The van der Waals surface area contributed by atoms with E-state index in [0.717, 1.165) is 16.9 Å². The van der Waals surface area contributed by atoms with Crippen LogP contribution >= 0.6 is 0 Å². The maximum absolute atomic E-state index is 8.63. The van der Waals surface area contributed by atoms with Crippen LogP contribution in [-0.2, 0) is 6.54 Å². The van der Waals surface area contributed by atoms with Crippen LogP contribution in [0.2, 0.25) is 0 Å². The first-order valence-electron chi connectivity index (χ1n) is 6.68. The van der Waals surface area contributed by atoms with Crippen molar-refractivity contribution in [3.63, 3.8) is 0 Å². The first-order valence-corrected chi connectivity index (χ1v) is 6.68. The standard InChI is InChI=1S/C16H20N4O/c1-20(2)15-5-3-4-14(10-15)18-11-12-6-8-13(9-7-12)16(17)19-21/h3-10,18,21H,11H2,1-2H3,(H2,17,19). The average molecular weight is 284 g/mol. The molecule has 5 heteroatoms. The van der Waals surface area contributed by atoms with Crippen LogP contribution in [0, 0.1) is 0 Å². The van der Waals surface area contributed by atoms with Crippen molar-refractivity contribution in [2.24, 2.45) is 10.9 Å². The van der Waals surface area contributed by atoms with Gasteiger partial charge in [-0.25, -0.2) is 0 Å².